The average Bonchev–Trinajstić information content (AvgIpc) is 3.13. The molecule has 3 saturated heterocycles. The molecule has 0 aliphatic carbocycles. The molecule has 0 saturated carbocycles. The summed E-state index contributed by atoms with van der Waals surface area (Å²) in [4.78, 5) is 11.2. The molecule has 3 aliphatic rings. The lowest BCUT2D eigenvalue weighted by Crippen LogP contribution is -2.68. The van der Waals surface area contributed by atoms with E-state index in [2.05, 4.69) is 0 Å². The second-order valence-corrected chi connectivity index (χ2v) is 12.6. The lowest BCUT2D eigenvalue weighted by molar-refractivity contribution is -0.392. The van der Waals surface area contributed by atoms with Gasteiger partial charge in [0.05, 0.1) is 26.4 Å². The van der Waals surface area contributed by atoms with Gasteiger partial charge in [-0.25, -0.2) is 0 Å². The van der Waals surface area contributed by atoms with E-state index < -0.39 is 136 Å². The fraction of sp³-hybridized carbons (Fsp3) is 0.767. The molecule has 23 heteroatoms. The number of hydrogen-bond acceptors (Lipinski definition) is 19. The molecule has 17 atom stereocenters. The van der Waals surface area contributed by atoms with E-state index in [1.54, 1.807) is 5.32 Å². The van der Waals surface area contributed by atoms with Crippen LogP contribution in [0.1, 0.15) is 5.56 Å². The van der Waals surface area contributed by atoms with Crippen molar-refractivity contribution < 1.29 is 108 Å². The van der Waals surface area contributed by atoms with Crippen LogP contribution in [0.2, 0.25) is 0 Å². The SMILES string of the molecule is O=C(Nc1ccc(CCO[C@H]2O[C@H]([C@@H](O)CO)[C@@H](O[C@@H]3O[C@H](CO)[C@@H](O)[C@H](O)[C@H]3O)[C@H](O[C@H]3O[C@H]([C@@H](O)CO)[C@@H](O)[C@H](O)[C@@H]3O)[C@@H]2O)cc1)C(F)(F)F. The maximum absolute atomic E-state index is 12.6. The highest BCUT2D eigenvalue weighted by atomic mass is 19.4. The molecule has 4 rings (SSSR count). The third-order valence-electron chi connectivity index (χ3n) is 8.87. The predicted molar refractivity (Wildman–Crippen MR) is 162 cm³/mol. The molecule has 0 spiro atoms. The normalized spacial score (nSPS) is 39.3. The van der Waals surface area contributed by atoms with Gasteiger partial charge in [0.2, 0.25) is 0 Å². The maximum Gasteiger partial charge on any atom is 0.471 e. The van der Waals surface area contributed by atoms with Crippen LogP contribution in [-0.2, 0) is 39.6 Å². The Kier molecular flexibility index (Phi) is 15.3. The summed E-state index contributed by atoms with van der Waals surface area (Å²) in [5.74, 6) is -2.18. The molecule has 1 aromatic rings. The summed E-state index contributed by atoms with van der Waals surface area (Å²) in [6.45, 7) is -3.20. The number of ether oxygens (including phenoxy) is 6. The van der Waals surface area contributed by atoms with E-state index in [9.17, 15) is 79.2 Å². The van der Waals surface area contributed by atoms with Crippen molar-refractivity contribution in [2.24, 2.45) is 0 Å². The Hall–Kier alpha value is -2.24. The molecule has 1 amide bonds. The van der Waals surface area contributed by atoms with Crippen LogP contribution in [0.5, 0.6) is 0 Å². The summed E-state index contributed by atoms with van der Waals surface area (Å²) in [6, 6.07) is 5.10. The third-order valence-corrected chi connectivity index (χ3v) is 8.87. The van der Waals surface area contributed by atoms with Gasteiger partial charge in [-0.05, 0) is 24.1 Å². The van der Waals surface area contributed by atoms with E-state index in [4.69, 9.17) is 28.4 Å². The fourth-order valence-corrected chi connectivity index (χ4v) is 5.86. The molecule has 1 aromatic carbocycles. The van der Waals surface area contributed by atoms with Crippen molar-refractivity contribution >= 4 is 11.6 Å². The molecule has 0 unspecified atom stereocenters. The third kappa shape index (κ3) is 10.1. The summed E-state index contributed by atoms with van der Waals surface area (Å²) < 4.78 is 71.5. The molecule has 0 aromatic heterocycles. The van der Waals surface area contributed by atoms with Gasteiger partial charge >= 0.3 is 12.1 Å². The summed E-state index contributed by atoms with van der Waals surface area (Å²) >= 11 is 0. The Labute approximate surface area is 298 Å². The minimum atomic E-state index is -5.11. The van der Waals surface area contributed by atoms with Crippen molar-refractivity contribution in [3.05, 3.63) is 29.8 Å². The largest absolute Gasteiger partial charge is 0.471 e. The first-order valence-electron chi connectivity index (χ1n) is 16.2. The van der Waals surface area contributed by atoms with Crippen LogP contribution in [0, 0.1) is 0 Å². The Morgan fingerprint density at radius 3 is 1.79 bits per heavy atom. The van der Waals surface area contributed by atoms with Gasteiger partial charge in [0.25, 0.3) is 0 Å². The molecule has 3 heterocycles. The van der Waals surface area contributed by atoms with Gasteiger partial charge in [-0.2, -0.15) is 13.2 Å². The first-order valence-corrected chi connectivity index (χ1v) is 16.2. The molecule has 3 aliphatic heterocycles. The van der Waals surface area contributed by atoms with Gasteiger partial charge in [0.15, 0.2) is 18.9 Å². The second kappa shape index (κ2) is 18.6. The number of anilines is 1. The number of nitrogens with one attached hydrogen (secondary N) is 1. The highest BCUT2D eigenvalue weighted by Gasteiger charge is 2.56. The van der Waals surface area contributed by atoms with E-state index in [1.165, 1.54) is 24.3 Å². The maximum atomic E-state index is 12.6. The van der Waals surface area contributed by atoms with Crippen LogP contribution >= 0.6 is 0 Å². The first kappa shape index (κ1) is 43.5. The topological polar surface area (TPSA) is 327 Å². The number of carbonyl (C=O) groups excluding carboxylic acids is 1. The number of rotatable bonds is 14. The van der Waals surface area contributed by atoms with Crippen LogP contribution < -0.4 is 5.32 Å². The molecule has 3 fully saturated rings. The van der Waals surface area contributed by atoms with Gasteiger partial charge in [0, 0.05) is 5.69 Å². The van der Waals surface area contributed by atoms with Crippen molar-refractivity contribution in [3.8, 4) is 0 Å². The van der Waals surface area contributed by atoms with E-state index >= 15 is 0 Å². The van der Waals surface area contributed by atoms with Crippen LogP contribution in [0.3, 0.4) is 0 Å². The molecule has 304 valence electrons. The van der Waals surface area contributed by atoms with Gasteiger partial charge in [-0.1, -0.05) is 12.1 Å². The van der Waals surface area contributed by atoms with Gasteiger partial charge in [-0.15, -0.1) is 0 Å². The van der Waals surface area contributed by atoms with Crippen molar-refractivity contribution in [2.45, 2.75) is 117 Å². The summed E-state index contributed by atoms with van der Waals surface area (Å²) in [5, 5.41) is 126. The molecule has 13 N–H and O–H groups in total. The molecular formula is C30H44F3NO19. The van der Waals surface area contributed by atoms with Gasteiger partial charge < -0.3 is 95.0 Å². The van der Waals surface area contributed by atoms with Crippen LogP contribution in [0.4, 0.5) is 18.9 Å². The van der Waals surface area contributed by atoms with Crippen molar-refractivity contribution in [3.63, 3.8) is 0 Å². The number of halogens is 3. The summed E-state index contributed by atoms with van der Waals surface area (Å²) in [6.07, 6.45) is -37.5. The minimum absolute atomic E-state index is 0.0128. The summed E-state index contributed by atoms with van der Waals surface area (Å²) in [5.41, 5.74) is 0.302. The molecule has 20 nitrogen and oxygen atoms in total. The number of amides is 1. The minimum Gasteiger partial charge on any atom is -0.394 e. The van der Waals surface area contributed by atoms with Crippen LogP contribution in [0.15, 0.2) is 24.3 Å². The standard InChI is InChI=1S/C30H44F3NO19/c31-30(32,33)29(47)34-11-3-1-10(2-4-11)5-6-48-26-21(46)24(52-28-20(45)17(42)18(43)22(50-28)12(38)7-35)25(23(51-26)13(39)8-36)53-27-19(44)16(41)15(40)14(9-37)49-27/h1-4,12-28,35-46H,5-9H2,(H,34,47)/t12-,13-,14+,15+,16-,17-,18-,19+,20-,21-,22+,23+,24+,25+,26-,27-,28+/m0/s1. The molecule has 53 heavy (non-hydrogen) atoms. The fourth-order valence-electron chi connectivity index (χ4n) is 5.86. The van der Waals surface area contributed by atoms with E-state index in [0.717, 1.165) is 0 Å². The number of hydrogen-bond donors (Lipinski definition) is 13. The number of aliphatic hydroxyl groups is 12. The van der Waals surface area contributed by atoms with Crippen molar-refractivity contribution in [2.75, 3.05) is 31.7 Å². The number of alkyl halides is 3. The van der Waals surface area contributed by atoms with E-state index in [0.29, 0.717) is 5.56 Å². The number of carbonyl (C=O) groups is 1. The predicted octanol–water partition coefficient (Wildman–Crippen LogP) is -6.08. The smallest absolute Gasteiger partial charge is 0.394 e. The van der Waals surface area contributed by atoms with Crippen LogP contribution in [0.25, 0.3) is 0 Å². The number of aliphatic hydroxyl groups excluding tert-OH is 12. The Morgan fingerprint density at radius 2 is 1.23 bits per heavy atom. The monoisotopic (exact) mass is 779 g/mol. The highest BCUT2D eigenvalue weighted by molar-refractivity contribution is 5.94. The van der Waals surface area contributed by atoms with Gasteiger partial charge in [-0.3, -0.25) is 4.79 Å². The Bertz CT molecular complexity index is 1300. The second-order valence-electron chi connectivity index (χ2n) is 12.6. The Morgan fingerprint density at radius 1 is 0.698 bits per heavy atom. The molecular weight excluding hydrogens is 735 g/mol. The highest BCUT2D eigenvalue weighted by Crippen LogP contribution is 2.35. The zero-order valence-corrected chi connectivity index (χ0v) is 27.5. The number of benzene rings is 1. The quantitative estimate of drug-likeness (QED) is 0.0836. The lowest BCUT2D eigenvalue weighted by atomic mass is 9.93. The van der Waals surface area contributed by atoms with E-state index in [-0.39, 0.29) is 18.7 Å². The molecule has 0 bridgehead atoms. The average molecular weight is 780 g/mol. The molecule has 0 radical (unpaired) electrons. The Balaban J connectivity index is 1.59. The van der Waals surface area contributed by atoms with Gasteiger partial charge in [0.1, 0.15) is 85.5 Å². The lowest BCUT2D eigenvalue weighted by Gasteiger charge is -2.50. The first-order chi connectivity index (χ1) is 24.9. The summed E-state index contributed by atoms with van der Waals surface area (Å²) in [7, 11) is 0. The van der Waals surface area contributed by atoms with Crippen molar-refractivity contribution in [1.29, 1.82) is 0 Å². The zero-order valence-electron chi connectivity index (χ0n) is 27.5. The van der Waals surface area contributed by atoms with Crippen LogP contribution in [-0.4, -0.2) is 204 Å². The van der Waals surface area contributed by atoms with Crippen molar-refractivity contribution in [1.82, 2.24) is 0 Å². The zero-order chi connectivity index (χ0) is 39.4. The van der Waals surface area contributed by atoms with E-state index in [1.807, 2.05) is 0 Å².